The first-order chi connectivity index (χ1) is 39.6. The van der Waals surface area contributed by atoms with Crippen LogP contribution in [0.2, 0.25) is 0 Å². The molecule has 3 aliphatic carbocycles. The molecule has 460 valence electrons. The zero-order valence-corrected chi connectivity index (χ0v) is 55.9. The molecule has 0 amide bonds. The van der Waals surface area contributed by atoms with Gasteiger partial charge in [-0.2, -0.15) is 0 Å². The molecule has 0 aromatic carbocycles. The van der Waals surface area contributed by atoms with Gasteiger partial charge >= 0.3 is 0 Å². The standard InChI is InChI=1S/C79H114O5/c1-17-30-75(83)68(41-21-19-23-43-70(81)54-62(6)35-25-32-59(3)45-48-73-65(9)38-28-51-78(73,13)14)57-76(84)67(56-71(82)55-63(7)36-26-33-60(4)46-49-74-66(10)39-29-52-79(74,15)16)40-20-18-22-42-69(80)53-61(5)34-24-31-58(2)44-47-72-64(8)37-27-50-77(72,11)12/h24-26,31-36,44-49,53-55,67-68H,17-23,27-30,37-43,50-52,56-57H2,1-16H3/b34-24+,35-25+,36-26+,47-44+,48-45+,49-46+,58-31+,59-32+,60-33+,61-53+,62-54+,63-55+. The minimum Gasteiger partial charge on any atom is -0.299 e. The van der Waals surface area contributed by atoms with Gasteiger partial charge in [-0.05, 0) is 220 Å². The highest BCUT2D eigenvalue weighted by Gasteiger charge is 2.30. The Morgan fingerprint density at radius 3 is 1.07 bits per heavy atom. The molecule has 0 saturated heterocycles. The molecule has 2 unspecified atom stereocenters. The number of ketones is 5. The summed E-state index contributed by atoms with van der Waals surface area (Å²) in [5.41, 5.74) is 15.4. The van der Waals surface area contributed by atoms with Crippen LogP contribution in [0.15, 0.2) is 176 Å². The minimum atomic E-state index is -0.519. The summed E-state index contributed by atoms with van der Waals surface area (Å²) in [6.45, 7) is 34.8. The van der Waals surface area contributed by atoms with E-state index in [0.29, 0.717) is 57.8 Å². The van der Waals surface area contributed by atoms with Gasteiger partial charge in [-0.1, -0.05) is 199 Å². The second-order valence-corrected chi connectivity index (χ2v) is 27.4. The molecule has 0 spiro atoms. The summed E-state index contributed by atoms with van der Waals surface area (Å²) in [5.74, 6) is -0.807. The first-order valence-corrected chi connectivity index (χ1v) is 32.5. The van der Waals surface area contributed by atoms with E-state index >= 15 is 0 Å². The summed E-state index contributed by atoms with van der Waals surface area (Å²) in [6, 6.07) is 0. The molecule has 0 aromatic heterocycles. The average Bonchev–Trinajstić information content (AvgIpc) is 3.61. The van der Waals surface area contributed by atoms with Gasteiger partial charge in [-0.15, -0.1) is 0 Å². The van der Waals surface area contributed by atoms with Crippen molar-refractivity contribution in [3.05, 3.63) is 176 Å². The number of Topliss-reactive ketones (excluding diaryl/α,β-unsaturated/α-hetero) is 2. The maximum Gasteiger partial charge on any atom is 0.156 e. The van der Waals surface area contributed by atoms with Crippen LogP contribution in [0.3, 0.4) is 0 Å². The maximum atomic E-state index is 14.4. The zero-order chi connectivity index (χ0) is 62.5. The van der Waals surface area contributed by atoms with Gasteiger partial charge in [0.1, 0.15) is 11.6 Å². The van der Waals surface area contributed by atoms with E-state index in [1.165, 1.54) is 84.8 Å². The van der Waals surface area contributed by atoms with Gasteiger partial charge in [-0.25, -0.2) is 0 Å². The Kier molecular flexibility index (Phi) is 32.1. The van der Waals surface area contributed by atoms with Crippen molar-refractivity contribution in [2.45, 2.75) is 258 Å². The van der Waals surface area contributed by atoms with E-state index in [0.717, 1.165) is 59.1 Å². The molecule has 0 aromatic rings. The van der Waals surface area contributed by atoms with Crippen LogP contribution in [0.4, 0.5) is 0 Å². The fraction of sp³-hybridized carbons (Fsp3) is 0.557. The third-order valence-electron chi connectivity index (χ3n) is 17.7. The monoisotopic (exact) mass is 1140 g/mol. The summed E-state index contributed by atoms with van der Waals surface area (Å²) < 4.78 is 0. The molecule has 5 nitrogen and oxygen atoms in total. The topological polar surface area (TPSA) is 85.3 Å². The molecule has 0 radical (unpaired) electrons. The van der Waals surface area contributed by atoms with Crippen molar-refractivity contribution in [2.24, 2.45) is 28.1 Å². The Morgan fingerprint density at radius 2 is 0.738 bits per heavy atom. The largest absolute Gasteiger partial charge is 0.299 e. The van der Waals surface area contributed by atoms with Crippen LogP contribution in [-0.4, -0.2) is 28.9 Å². The number of carbonyl (C=O) groups excluding carboxylic acids is 5. The van der Waals surface area contributed by atoms with E-state index < -0.39 is 11.8 Å². The smallest absolute Gasteiger partial charge is 0.156 e. The van der Waals surface area contributed by atoms with Crippen LogP contribution in [0.25, 0.3) is 0 Å². The highest BCUT2D eigenvalue weighted by Crippen LogP contribution is 2.43. The highest BCUT2D eigenvalue weighted by molar-refractivity contribution is 5.96. The van der Waals surface area contributed by atoms with Crippen molar-refractivity contribution in [3.8, 4) is 0 Å². The number of allylic oxidation sites excluding steroid dienone is 30. The summed E-state index contributed by atoms with van der Waals surface area (Å²) in [5, 5.41) is 0. The summed E-state index contributed by atoms with van der Waals surface area (Å²) in [4.78, 5) is 67.8. The van der Waals surface area contributed by atoms with Crippen molar-refractivity contribution >= 4 is 28.9 Å². The highest BCUT2D eigenvalue weighted by atomic mass is 16.1. The number of rotatable bonds is 35. The minimum absolute atomic E-state index is 0.0342. The lowest BCUT2D eigenvalue weighted by molar-refractivity contribution is -0.131. The van der Waals surface area contributed by atoms with Gasteiger partial charge in [-0.3, -0.25) is 24.0 Å². The van der Waals surface area contributed by atoms with Gasteiger partial charge in [0.25, 0.3) is 0 Å². The SMILES string of the molecule is CCCC(=O)C(CCCCCC(=O)/C=C(C)/C=C/C=C(C)/C=C/C1=C(C)CCCC1(C)C)CC(=O)C(CCCCCC(=O)/C=C(C)/C=C/C=C(C)/C=C/C1=C(C)CCCC1(C)C)CC(=O)/C=C(C)/C=C/C=C(C)/C=C/C1=C(C)CCCC1(C)C. The Hall–Kier alpha value is -5.55. The van der Waals surface area contributed by atoms with Crippen LogP contribution in [0.1, 0.15) is 258 Å². The molecular formula is C79H114O5. The van der Waals surface area contributed by atoms with E-state index in [-0.39, 0.29) is 58.0 Å². The van der Waals surface area contributed by atoms with Crippen LogP contribution in [0, 0.1) is 28.1 Å². The fourth-order valence-electron chi connectivity index (χ4n) is 12.6. The molecule has 0 saturated carbocycles. The van der Waals surface area contributed by atoms with E-state index in [2.05, 4.69) is 138 Å². The number of hydrogen-bond donors (Lipinski definition) is 0. The fourth-order valence-corrected chi connectivity index (χ4v) is 12.6. The van der Waals surface area contributed by atoms with Crippen molar-refractivity contribution in [2.75, 3.05) is 0 Å². The molecule has 0 bridgehead atoms. The lowest BCUT2D eigenvalue weighted by Crippen LogP contribution is -2.25. The molecule has 2 atom stereocenters. The third-order valence-corrected chi connectivity index (χ3v) is 17.7. The number of hydrogen-bond acceptors (Lipinski definition) is 5. The molecule has 84 heavy (non-hydrogen) atoms. The summed E-state index contributed by atoms with van der Waals surface area (Å²) in [6.07, 6.45) is 55.1. The van der Waals surface area contributed by atoms with Crippen LogP contribution in [0.5, 0.6) is 0 Å². The van der Waals surface area contributed by atoms with Gasteiger partial charge in [0.15, 0.2) is 17.3 Å². The predicted octanol–water partition coefficient (Wildman–Crippen LogP) is 22.1. The molecule has 5 heteroatoms. The second kappa shape index (κ2) is 37.1. The van der Waals surface area contributed by atoms with Gasteiger partial charge in [0.05, 0.1) is 0 Å². The van der Waals surface area contributed by atoms with Crippen molar-refractivity contribution in [1.29, 1.82) is 0 Å². The Morgan fingerprint density at radius 1 is 0.405 bits per heavy atom. The van der Waals surface area contributed by atoms with Crippen LogP contribution >= 0.6 is 0 Å². The first-order valence-electron chi connectivity index (χ1n) is 32.5. The Bertz CT molecular complexity index is 2750. The zero-order valence-electron chi connectivity index (χ0n) is 55.9. The molecule has 0 aliphatic heterocycles. The molecule has 3 rings (SSSR count). The van der Waals surface area contributed by atoms with Crippen molar-refractivity contribution in [1.82, 2.24) is 0 Å². The lowest BCUT2D eigenvalue weighted by atomic mass is 9.72. The van der Waals surface area contributed by atoms with Crippen LogP contribution < -0.4 is 0 Å². The molecule has 0 fully saturated rings. The number of carbonyl (C=O) groups is 5. The Balaban J connectivity index is 1.65. The van der Waals surface area contributed by atoms with Crippen LogP contribution in [-0.2, 0) is 24.0 Å². The Labute approximate surface area is 513 Å². The second-order valence-electron chi connectivity index (χ2n) is 27.4. The molecule has 3 aliphatic rings. The van der Waals surface area contributed by atoms with E-state index in [1.807, 2.05) is 64.2 Å². The van der Waals surface area contributed by atoms with E-state index in [1.54, 1.807) is 18.2 Å². The normalized spacial score (nSPS) is 19.6. The molecule has 0 N–H and O–H groups in total. The number of unbranched alkanes of at least 4 members (excludes halogenated alkanes) is 4. The molecular weight excluding hydrogens is 1030 g/mol. The van der Waals surface area contributed by atoms with E-state index in [4.69, 9.17) is 0 Å². The average molecular weight is 1140 g/mol. The molecule has 0 heterocycles. The quantitative estimate of drug-likeness (QED) is 0.0359. The van der Waals surface area contributed by atoms with Gasteiger partial charge in [0.2, 0.25) is 0 Å². The first kappa shape index (κ1) is 72.7. The predicted molar refractivity (Wildman–Crippen MR) is 361 cm³/mol. The maximum absolute atomic E-state index is 14.4. The van der Waals surface area contributed by atoms with Gasteiger partial charge in [0, 0.05) is 43.9 Å². The van der Waals surface area contributed by atoms with Gasteiger partial charge < -0.3 is 0 Å². The third kappa shape index (κ3) is 27.7. The van der Waals surface area contributed by atoms with E-state index in [9.17, 15) is 24.0 Å². The van der Waals surface area contributed by atoms with Crippen molar-refractivity contribution < 1.29 is 24.0 Å². The van der Waals surface area contributed by atoms with Crippen molar-refractivity contribution in [3.63, 3.8) is 0 Å². The lowest BCUT2D eigenvalue weighted by Gasteiger charge is -2.33. The summed E-state index contributed by atoms with van der Waals surface area (Å²) in [7, 11) is 0. The summed E-state index contributed by atoms with van der Waals surface area (Å²) >= 11 is 0.